The summed E-state index contributed by atoms with van der Waals surface area (Å²) in [5, 5.41) is 4.30. The van der Waals surface area contributed by atoms with Gasteiger partial charge >= 0.3 is 5.97 Å². The number of esters is 1. The largest absolute Gasteiger partial charge is 0.490 e. The topological polar surface area (TPSA) is 95.5 Å². The molecule has 8 nitrogen and oxygen atoms in total. The van der Waals surface area contributed by atoms with E-state index in [0.717, 1.165) is 0 Å². The van der Waals surface area contributed by atoms with Crippen LogP contribution in [0.15, 0.2) is 65.8 Å². The van der Waals surface area contributed by atoms with Crippen molar-refractivity contribution in [2.24, 2.45) is 5.10 Å². The minimum atomic E-state index is -0.598. The second kappa shape index (κ2) is 10.7. The Bertz CT molecular complexity index is 1240. The van der Waals surface area contributed by atoms with Crippen molar-refractivity contribution in [3.05, 3.63) is 82.4 Å². The number of nitrogens with zero attached hydrogens (tertiary/aromatic N) is 1. The first kappa shape index (κ1) is 23.1. The number of halogens is 1. The van der Waals surface area contributed by atoms with Gasteiger partial charge in [0.05, 0.1) is 23.4 Å². The molecular weight excluding hydrogens is 460 g/mol. The standard InChI is InChI=1S/C25H21ClN2O6/c1-2-31-22-13-16(7-9-21(22)34-25(30)18-5-3-4-6-19(18)26)15-27-28-24(29)17-8-10-20-23(14-17)33-12-11-32-20/h3-10,13-15H,2,11-12H2,1H3,(H,28,29)/b27-15-. The van der Waals surface area contributed by atoms with Gasteiger partial charge in [-0.05, 0) is 61.0 Å². The van der Waals surface area contributed by atoms with E-state index in [2.05, 4.69) is 10.5 Å². The monoisotopic (exact) mass is 480 g/mol. The molecule has 0 saturated carbocycles. The summed E-state index contributed by atoms with van der Waals surface area (Å²) in [7, 11) is 0. The van der Waals surface area contributed by atoms with Crippen LogP contribution in [0.1, 0.15) is 33.2 Å². The highest BCUT2D eigenvalue weighted by Gasteiger charge is 2.16. The minimum Gasteiger partial charge on any atom is -0.490 e. The fourth-order valence-corrected chi connectivity index (χ4v) is 3.37. The van der Waals surface area contributed by atoms with Gasteiger partial charge in [-0.1, -0.05) is 23.7 Å². The molecule has 0 aromatic heterocycles. The second-order valence-corrected chi connectivity index (χ2v) is 7.47. The summed E-state index contributed by atoms with van der Waals surface area (Å²) in [6, 6.07) is 16.5. The van der Waals surface area contributed by atoms with Crippen molar-refractivity contribution in [3.63, 3.8) is 0 Å². The third-order valence-corrected chi connectivity index (χ3v) is 5.08. The molecule has 34 heavy (non-hydrogen) atoms. The molecule has 1 heterocycles. The summed E-state index contributed by atoms with van der Waals surface area (Å²) in [6.45, 7) is 3.08. The van der Waals surface area contributed by atoms with Gasteiger partial charge in [-0.15, -0.1) is 0 Å². The normalized spacial score (nSPS) is 12.3. The number of fused-ring (bicyclic) bond motifs is 1. The molecular formula is C25H21ClN2O6. The van der Waals surface area contributed by atoms with Crippen LogP contribution in [-0.4, -0.2) is 37.9 Å². The quantitative estimate of drug-likeness (QED) is 0.232. The highest BCUT2D eigenvalue weighted by atomic mass is 35.5. The van der Waals surface area contributed by atoms with E-state index >= 15 is 0 Å². The number of hydrazone groups is 1. The first-order chi connectivity index (χ1) is 16.5. The van der Waals surface area contributed by atoms with Crippen molar-refractivity contribution in [2.75, 3.05) is 19.8 Å². The average Bonchev–Trinajstić information content (AvgIpc) is 2.85. The third kappa shape index (κ3) is 5.47. The zero-order chi connectivity index (χ0) is 23.9. The molecule has 9 heteroatoms. The summed E-state index contributed by atoms with van der Waals surface area (Å²) in [4.78, 5) is 24.9. The number of carbonyl (C=O) groups is 2. The lowest BCUT2D eigenvalue weighted by Crippen LogP contribution is -2.19. The Morgan fingerprint density at radius 1 is 1.03 bits per heavy atom. The lowest BCUT2D eigenvalue weighted by atomic mass is 10.2. The molecule has 0 unspecified atom stereocenters. The van der Waals surface area contributed by atoms with Crippen LogP contribution in [0.2, 0.25) is 5.02 Å². The third-order valence-electron chi connectivity index (χ3n) is 4.75. The lowest BCUT2D eigenvalue weighted by molar-refractivity contribution is 0.0728. The van der Waals surface area contributed by atoms with Crippen LogP contribution < -0.4 is 24.4 Å². The number of hydrogen-bond acceptors (Lipinski definition) is 7. The molecule has 1 aliphatic heterocycles. The van der Waals surface area contributed by atoms with Crippen LogP contribution in [0.25, 0.3) is 0 Å². The molecule has 0 aliphatic carbocycles. The second-order valence-electron chi connectivity index (χ2n) is 7.07. The minimum absolute atomic E-state index is 0.240. The molecule has 1 amide bonds. The molecule has 3 aromatic carbocycles. The van der Waals surface area contributed by atoms with E-state index in [1.807, 2.05) is 6.92 Å². The zero-order valence-electron chi connectivity index (χ0n) is 18.2. The fourth-order valence-electron chi connectivity index (χ4n) is 3.15. The molecule has 0 radical (unpaired) electrons. The number of hydrogen-bond donors (Lipinski definition) is 1. The van der Waals surface area contributed by atoms with Gasteiger partial charge in [-0.2, -0.15) is 5.10 Å². The summed E-state index contributed by atoms with van der Waals surface area (Å²) in [5.74, 6) is 0.716. The molecule has 3 aromatic rings. The van der Waals surface area contributed by atoms with Gasteiger partial charge in [0.1, 0.15) is 13.2 Å². The van der Waals surface area contributed by atoms with Crippen LogP contribution >= 0.6 is 11.6 Å². The highest BCUT2D eigenvalue weighted by molar-refractivity contribution is 6.33. The number of nitrogens with one attached hydrogen (secondary N) is 1. The van der Waals surface area contributed by atoms with Gasteiger partial charge in [0.25, 0.3) is 5.91 Å². The van der Waals surface area contributed by atoms with Gasteiger partial charge in [0, 0.05) is 5.56 Å². The zero-order valence-corrected chi connectivity index (χ0v) is 19.0. The molecule has 0 saturated heterocycles. The van der Waals surface area contributed by atoms with Crippen LogP contribution in [0.5, 0.6) is 23.0 Å². The molecule has 4 rings (SSSR count). The maximum Gasteiger partial charge on any atom is 0.345 e. The van der Waals surface area contributed by atoms with Crippen LogP contribution in [-0.2, 0) is 0 Å². The number of carbonyl (C=O) groups excluding carboxylic acids is 2. The van der Waals surface area contributed by atoms with E-state index < -0.39 is 11.9 Å². The van der Waals surface area contributed by atoms with Gasteiger partial charge < -0.3 is 18.9 Å². The van der Waals surface area contributed by atoms with Crippen molar-refractivity contribution in [1.29, 1.82) is 0 Å². The van der Waals surface area contributed by atoms with Crippen molar-refractivity contribution in [3.8, 4) is 23.0 Å². The summed E-state index contributed by atoms with van der Waals surface area (Å²) in [6.07, 6.45) is 1.46. The van der Waals surface area contributed by atoms with E-state index in [1.54, 1.807) is 60.7 Å². The number of benzene rings is 3. The maximum absolute atomic E-state index is 12.5. The Morgan fingerprint density at radius 3 is 2.62 bits per heavy atom. The van der Waals surface area contributed by atoms with Crippen LogP contribution in [0.3, 0.4) is 0 Å². The van der Waals surface area contributed by atoms with Gasteiger partial charge in [-0.3, -0.25) is 4.79 Å². The Hall–Kier alpha value is -4.04. The van der Waals surface area contributed by atoms with Gasteiger partial charge in [0.15, 0.2) is 23.0 Å². The molecule has 1 aliphatic rings. The number of rotatable bonds is 7. The first-order valence-corrected chi connectivity index (χ1v) is 10.9. The first-order valence-electron chi connectivity index (χ1n) is 10.5. The summed E-state index contributed by atoms with van der Waals surface area (Å²) < 4.78 is 22.0. The summed E-state index contributed by atoms with van der Waals surface area (Å²) >= 11 is 6.08. The number of ether oxygens (including phenoxy) is 4. The Labute approximate surface area is 201 Å². The average molecular weight is 481 g/mol. The van der Waals surface area contributed by atoms with Crippen LogP contribution in [0.4, 0.5) is 0 Å². The predicted octanol–water partition coefficient (Wildman–Crippen LogP) is 4.49. The highest BCUT2D eigenvalue weighted by Crippen LogP contribution is 2.31. The number of amides is 1. The Morgan fingerprint density at radius 2 is 1.82 bits per heavy atom. The van der Waals surface area contributed by atoms with Crippen molar-refractivity contribution >= 4 is 29.7 Å². The Kier molecular flexibility index (Phi) is 7.29. The van der Waals surface area contributed by atoms with Gasteiger partial charge in [-0.25, -0.2) is 10.2 Å². The van der Waals surface area contributed by atoms with E-state index in [0.29, 0.717) is 53.2 Å². The molecule has 0 atom stereocenters. The van der Waals surface area contributed by atoms with Gasteiger partial charge in [0.2, 0.25) is 0 Å². The van der Waals surface area contributed by atoms with Crippen LogP contribution in [0, 0.1) is 0 Å². The van der Waals surface area contributed by atoms with E-state index in [9.17, 15) is 9.59 Å². The smallest absolute Gasteiger partial charge is 0.345 e. The molecule has 1 N–H and O–H groups in total. The molecule has 0 fully saturated rings. The summed E-state index contributed by atoms with van der Waals surface area (Å²) in [5.41, 5.74) is 3.74. The van der Waals surface area contributed by atoms with E-state index in [1.165, 1.54) is 6.21 Å². The van der Waals surface area contributed by atoms with Crippen molar-refractivity contribution in [2.45, 2.75) is 6.92 Å². The molecule has 0 spiro atoms. The van der Waals surface area contributed by atoms with E-state index in [-0.39, 0.29) is 11.3 Å². The van der Waals surface area contributed by atoms with Crippen molar-refractivity contribution in [1.82, 2.24) is 5.43 Å². The Balaban J connectivity index is 1.44. The predicted molar refractivity (Wildman–Crippen MR) is 127 cm³/mol. The maximum atomic E-state index is 12.5. The lowest BCUT2D eigenvalue weighted by Gasteiger charge is -2.18. The van der Waals surface area contributed by atoms with Crippen molar-refractivity contribution < 1.29 is 28.5 Å². The SMILES string of the molecule is CCOc1cc(/C=N\NC(=O)c2ccc3c(c2)OCCO3)ccc1OC(=O)c1ccccc1Cl. The molecule has 0 bridgehead atoms. The van der Waals surface area contributed by atoms with E-state index in [4.69, 9.17) is 30.5 Å². The molecule has 174 valence electrons. The fraction of sp³-hybridized carbons (Fsp3) is 0.160.